The number of benzene rings is 1. The van der Waals surface area contributed by atoms with E-state index >= 15 is 0 Å². The summed E-state index contributed by atoms with van der Waals surface area (Å²) < 4.78 is 0. The van der Waals surface area contributed by atoms with Gasteiger partial charge in [0.25, 0.3) is 0 Å². The van der Waals surface area contributed by atoms with Crippen LogP contribution in [0.2, 0.25) is 0 Å². The summed E-state index contributed by atoms with van der Waals surface area (Å²) in [5.41, 5.74) is 1.92. The summed E-state index contributed by atoms with van der Waals surface area (Å²) in [6.07, 6.45) is 5.36. The second-order valence-electron chi connectivity index (χ2n) is 7.09. The van der Waals surface area contributed by atoms with Crippen molar-refractivity contribution < 1.29 is 14.4 Å². The van der Waals surface area contributed by atoms with Crippen molar-refractivity contribution in [3.8, 4) is 0 Å². The second-order valence-corrected chi connectivity index (χ2v) is 7.09. The number of rotatable bonds is 10. The Labute approximate surface area is 165 Å². The minimum atomic E-state index is -0.695. The van der Waals surface area contributed by atoms with E-state index in [1.54, 1.807) is 12.4 Å². The number of aldehydes is 1. The van der Waals surface area contributed by atoms with Gasteiger partial charge in [0.2, 0.25) is 11.8 Å². The molecule has 148 valence electrons. The van der Waals surface area contributed by atoms with E-state index in [0.717, 1.165) is 17.4 Å². The Morgan fingerprint density at radius 3 is 2.36 bits per heavy atom. The van der Waals surface area contributed by atoms with Crippen molar-refractivity contribution in [3.05, 3.63) is 66.0 Å². The molecular weight excluding hydrogens is 354 g/mol. The molecule has 28 heavy (non-hydrogen) atoms. The molecule has 2 rings (SSSR count). The molecule has 0 saturated carbocycles. The highest BCUT2D eigenvalue weighted by molar-refractivity contribution is 5.89. The van der Waals surface area contributed by atoms with Crippen LogP contribution >= 0.6 is 0 Å². The lowest BCUT2D eigenvalue weighted by Crippen LogP contribution is -2.52. The van der Waals surface area contributed by atoms with Crippen LogP contribution in [0.4, 0.5) is 0 Å². The van der Waals surface area contributed by atoms with Gasteiger partial charge >= 0.3 is 0 Å². The summed E-state index contributed by atoms with van der Waals surface area (Å²) >= 11 is 0. The zero-order valence-corrected chi connectivity index (χ0v) is 16.3. The van der Waals surface area contributed by atoms with Crippen LogP contribution in [0.3, 0.4) is 0 Å². The molecule has 0 bridgehead atoms. The third-order valence-corrected chi connectivity index (χ3v) is 4.42. The Morgan fingerprint density at radius 1 is 1.04 bits per heavy atom. The summed E-state index contributed by atoms with van der Waals surface area (Å²) in [4.78, 5) is 40.4. The average molecular weight is 381 g/mol. The largest absolute Gasteiger partial charge is 0.344 e. The van der Waals surface area contributed by atoms with Crippen LogP contribution in [0, 0.1) is 5.92 Å². The third kappa shape index (κ3) is 6.95. The Kier molecular flexibility index (Phi) is 8.34. The number of nitrogens with one attached hydrogen (secondary N) is 2. The minimum absolute atomic E-state index is 0.105. The number of amides is 2. The van der Waals surface area contributed by atoms with Gasteiger partial charge in [-0.2, -0.15) is 0 Å². The third-order valence-electron chi connectivity index (χ3n) is 4.42. The van der Waals surface area contributed by atoms with E-state index in [2.05, 4.69) is 15.6 Å². The van der Waals surface area contributed by atoms with E-state index in [9.17, 15) is 14.4 Å². The molecule has 2 amide bonds. The molecule has 1 aromatic heterocycles. The Morgan fingerprint density at radius 2 is 1.75 bits per heavy atom. The van der Waals surface area contributed by atoms with Crippen LogP contribution in [0.15, 0.2) is 54.9 Å². The van der Waals surface area contributed by atoms with Gasteiger partial charge in [-0.05, 0) is 36.0 Å². The molecule has 6 nitrogen and oxygen atoms in total. The average Bonchev–Trinajstić information content (AvgIpc) is 2.71. The highest BCUT2D eigenvalue weighted by Gasteiger charge is 2.26. The summed E-state index contributed by atoms with van der Waals surface area (Å²) in [5.74, 6) is -0.660. The maximum absolute atomic E-state index is 12.7. The molecule has 0 aliphatic heterocycles. The highest BCUT2D eigenvalue weighted by Crippen LogP contribution is 2.07. The molecule has 2 aromatic rings. The Balaban J connectivity index is 1.90. The molecule has 0 saturated heterocycles. The summed E-state index contributed by atoms with van der Waals surface area (Å²) in [6, 6.07) is 11.9. The first kappa shape index (κ1) is 21.3. The molecule has 1 heterocycles. The topological polar surface area (TPSA) is 88.2 Å². The first-order chi connectivity index (χ1) is 13.5. The predicted octanol–water partition coefficient (Wildman–Crippen LogP) is 2.08. The standard InChI is InChI=1S/C22H27N3O3/c1-16(2)21(25-20(27)11-10-18-9-6-12-23-14-18)22(28)24-19(15-26)13-17-7-4-3-5-8-17/h3-9,12,14-16,19,21H,10-11,13H2,1-2H3,(H,24,28)(H,25,27)/t19?,21-/m0/s1. The van der Waals surface area contributed by atoms with Gasteiger partial charge < -0.3 is 15.4 Å². The number of aryl methyl sites for hydroxylation is 1. The van der Waals surface area contributed by atoms with Crippen LogP contribution in [-0.4, -0.2) is 35.2 Å². The van der Waals surface area contributed by atoms with Crippen LogP contribution in [-0.2, 0) is 27.2 Å². The van der Waals surface area contributed by atoms with E-state index in [0.29, 0.717) is 12.8 Å². The number of aromatic nitrogens is 1. The molecule has 1 unspecified atom stereocenters. The normalized spacial score (nSPS) is 12.8. The van der Waals surface area contributed by atoms with E-state index in [1.807, 2.05) is 56.3 Å². The summed E-state index contributed by atoms with van der Waals surface area (Å²) in [7, 11) is 0. The van der Waals surface area contributed by atoms with Gasteiger partial charge in [-0.15, -0.1) is 0 Å². The number of carbonyl (C=O) groups excluding carboxylic acids is 3. The SMILES string of the molecule is CC(C)[C@H](NC(=O)CCc1cccnc1)C(=O)NC(C=O)Cc1ccccc1. The Bertz CT molecular complexity index is 763. The van der Waals surface area contributed by atoms with Crippen molar-refractivity contribution in [2.75, 3.05) is 0 Å². The highest BCUT2D eigenvalue weighted by atomic mass is 16.2. The molecule has 2 N–H and O–H groups in total. The van der Waals surface area contributed by atoms with Gasteiger partial charge in [-0.3, -0.25) is 14.6 Å². The maximum atomic E-state index is 12.7. The monoisotopic (exact) mass is 381 g/mol. The van der Waals surface area contributed by atoms with Gasteiger partial charge in [0.1, 0.15) is 12.3 Å². The van der Waals surface area contributed by atoms with Gasteiger partial charge in [-0.25, -0.2) is 0 Å². The van der Waals surface area contributed by atoms with Crippen molar-refractivity contribution in [1.29, 1.82) is 0 Å². The fourth-order valence-electron chi connectivity index (χ4n) is 2.86. The van der Waals surface area contributed by atoms with Crippen LogP contribution in [0.1, 0.15) is 31.4 Å². The predicted molar refractivity (Wildman–Crippen MR) is 107 cm³/mol. The Hall–Kier alpha value is -3.02. The first-order valence-electron chi connectivity index (χ1n) is 9.47. The molecule has 2 atom stereocenters. The van der Waals surface area contributed by atoms with Gasteiger partial charge in [-0.1, -0.05) is 50.2 Å². The molecule has 6 heteroatoms. The lowest BCUT2D eigenvalue weighted by atomic mass is 10.0. The summed E-state index contributed by atoms with van der Waals surface area (Å²) in [5, 5.41) is 5.54. The van der Waals surface area contributed by atoms with E-state index in [4.69, 9.17) is 0 Å². The van der Waals surface area contributed by atoms with E-state index < -0.39 is 12.1 Å². The summed E-state index contributed by atoms with van der Waals surface area (Å²) in [6.45, 7) is 3.72. The molecule has 0 spiro atoms. The van der Waals surface area contributed by atoms with Crippen LogP contribution in [0.5, 0.6) is 0 Å². The number of pyridine rings is 1. The van der Waals surface area contributed by atoms with Crippen molar-refractivity contribution in [2.24, 2.45) is 5.92 Å². The number of carbonyl (C=O) groups is 3. The van der Waals surface area contributed by atoms with Crippen molar-refractivity contribution in [1.82, 2.24) is 15.6 Å². The first-order valence-corrected chi connectivity index (χ1v) is 9.47. The van der Waals surface area contributed by atoms with Crippen molar-refractivity contribution >= 4 is 18.1 Å². The second kappa shape index (κ2) is 11.0. The minimum Gasteiger partial charge on any atom is -0.344 e. The number of hydrogen-bond acceptors (Lipinski definition) is 4. The van der Waals surface area contributed by atoms with Crippen LogP contribution < -0.4 is 10.6 Å². The zero-order chi connectivity index (χ0) is 20.4. The van der Waals surface area contributed by atoms with Crippen molar-refractivity contribution in [3.63, 3.8) is 0 Å². The molecule has 0 fully saturated rings. The van der Waals surface area contributed by atoms with Gasteiger partial charge in [0.05, 0.1) is 6.04 Å². The van der Waals surface area contributed by atoms with E-state index in [1.165, 1.54) is 0 Å². The number of nitrogens with zero attached hydrogens (tertiary/aromatic N) is 1. The van der Waals surface area contributed by atoms with E-state index in [-0.39, 0.29) is 24.2 Å². The van der Waals surface area contributed by atoms with Gasteiger partial charge in [0, 0.05) is 18.8 Å². The van der Waals surface area contributed by atoms with Gasteiger partial charge in [0.15, 0.2) is 0 Å². The smallest absolute Gasteiger partial charge is 0.243 e. The van der Waals surface area contributed by atoms with Crippen LogP contribution in [0.25, 0.3) is 0 Å². The quantitative estimate of drug-likeness (QED) is 0.617. The molecule has 1 aromatic carbocycles. The molecule has 0 aliphatic carbocycles. The number of hydrogen-bond donors (Lipinski definition) is 2. The molecule has 0 aliphatic rings. The fraction of sp³-hybridized carbons (Fsp3) is 0.364. The van der Waals surface area contributed by atoms with Crippen molar-refractivity contribution in [2.45, 2.75) is 45.2 Å². The molecule has 0 radical (unpaired) electrons. The lowest BCUT2D eigenvalue weighted by molar-refractivity contribution is -0.131. The molecular formula is C22H27N3O3. The zero-order valence-electron chi connectivity index (χ0n) is 16.3. The fourth-order valence-corrected chi connectivity index (χ4v) is 2.86. The maximum Gasteiger partial charge on any atom is 0.243 e. The lowest BCUT2D eigenvalue weighted by Gasteiger charge is -2.23.